The number of benzene rings is 1. The Morgan fingerprint density at radius 1 is 1.20 bits per heavy atom. The third-order valence-electron chi connectivity index (χ3n) is 5.43. The molecular weight excluding hydrogens is 388 g/mol. The molecule has 1 aromatic carbocycles. The third kappa shape index (κ3) is 3.61. The van der Waals surface area contributed by atoms with Gasteiger partial charge in [-0.15, -0.1) is 5.10 Å². The van der Waals surface area contributed by atoms with E-state index in [9.17, 15) is 14.9 Å². The number of nitro benzene ring substituents is 1. The Morgan fingerprint density at radius 3 is 2.63 bits per heavy atom. The molecule has 1 amide bonds. The molecule has 2 N–H and O–H groups in total. The van der Waals surface area contributed by atoms with E-state index in [1.807, 2.05) is 24.8 Å². The van der Waals surface area contributed by atoms with Crippen LogP contribution in [0.3, 0.4) is 0 Å². The van der Waals surface area contributed by atoms with Gasteiger partial charge in [0.2, 0.25) is 11.9 Å². The molecule has 3 heterocycles. The Balaban J connectivity index is 1.45. The number of aromatic nitrogens is 4. The molecule has 30 heavy (non-hydrogen) atoms. The highest BCUT2D eigenvalue weighted by molar-refractivity contribution is 5.79. The van der Waals surface area contributed by atoms with E-state index in [1.54, 1.807) is 16.6 Å². The number of aryl methyl sites for hydroxylation is 2. The molecule has 11 nitrogen and oxygen atoms in total. The van der Waals surface area contributed by atoms with Crippen molar-refractivity contribution in [3.8, 4) is 0 Å². The molecule has 0 radical (unpaired) electrons. The zero-order valence-electron chi connectivity index (χ0n) is 16.8. The summed E-state index contributed by atoms with van der Waals surface area (Å²) in [7, 11) is 0. The molecule has 2 aromatic heterocycles. The second-order valence-corrected chi connectivity index (χ2v) is 7.26. The predicted molar refractivity (Wildman–Crippen MR) is 110 cm³/mol. The number of carbonyl (C=O) groups is 1. The molecule has 11 heteroatoms. The molecule has 0 spiro atoms. The first-order valence-corrected chi connectivity index (χ1v) is 9.59. The molecule has 0 aliphatic carbocycles. The second kappa shape index (κ2) is 7.58. The van der Waals surface area contributed by atoms with Gasteiger partial charge >= 0.3 is 0 Å². The Bertz CT molecular complexity index is 1130. The first-order chi connectivity index (χ1) is 14.3. The quantitative estimate of drug-likeness (QED) is 0.499. The maximum atomic E-state index is 12.9. The predicted octanol–water partition coefficient (Wildman–Crippen LogP) is 1.12. The minimum Gasteiger partial charge on any atom is -0.368 e. The van der Waals surface area contributed by atoms with E-state index < -0.39 is 4.92 Å². The fourth-order valence-corrected chi connectivity index (χ4v) is 3.76. The van der Waals surface area contributed by atoms with Crippen LogP contribution in [0, 0.1) is 24.0 Å². The van der Waals surface area contributed by atoms with Gasteiger partial charge in [-0.1, -0.05) is 6.07 Å². The van der Waals surface area contributed by atoms with Gasteiger partial charge in [-0.05, 0) is 19.9 Å². The molecular formula is C19H22N8O3. The third-order valence-corrected chi connectivity index (χ3v) is 5.43. The lowest BCUT2D eigenvalue weighted by molar-refractivity contribution is -0.384. The Labute approximate surface area is 172 Å². The van der Waals surface area contributed by atoms with E-state index in [0.717, 1.165) is 22.6 Å². The van der Waals surface area contributed by atoms with Crippen LogP contribution in [0.5, 0.6) is 0 Å². The molecule has 1 saturated heterocycles. The molecule has 4 rings (SSSR count). The summed E-state index contributed by atoms with van der Waals surface area (Å²) in [5, 5.41) is 15.1. The van der Waals surface area contributed by atoms with Crippen LogP contribution in [0.2, 0.25) is 0 Å². The van der Waals surface area contributed by atoms with Crippen LogP contribution in [0.4, 0.5) is 17.3 Å². The standard InChI is InChI=1S/C19H22N8O3/c1-12-16(13(2)26-19(21-12)22-18(20)23-26)11-17(28)25-8-6-24(7-9-25)14-4-3-5-15(10-14)27(29)30/h3-5,10H,6-9,11H2,1-2H3,(H2,20,23). The molecule has 0 unspecified atom stereocenters. The van der Waals surface area contributed by atoms with Crippen LogP contribution in [-0.4, -0.2) is 61.5 Å². The van der Waals surface area contributed by atoms with E-state index in [-0.39, 0.29) is 24.0 Å². The van der Waals surface area contributed by atoms with E-state index >= 15 is 0 Å². The van der Waals surface area contributed by atoms with Crippen molar-refractivity contribution in [2.45, 2.75) is 20.3 Å². The van der Waals surface area contributed by atoms with Gasteiger partial charge in [-0.2, -0.15) is 9.50 Å². The van der Waals surface area contributed by atoms with Crippen molar-refractivity contribution in [3.05, 3.63) is 51.3 Å². The first kappa shape index (κ1) is 19.6. The number of anilines is 2. The number of fused-ring (bicyclic) bond motifs is 1. The van der Waals surface area contributed by atoms with Crippen molar-refractivity contribution in [1.82, 2.24) is 24.5 Å². The molecule has 1 fully saturated rings. The number of hydrogen-bond acceptors (Lipinski definition) is 8. The second-order valence-electron chi connectivity index (χ2n) is 7.26. The average molecular weight is 410 g/mol. The van der Waals surface area contributed by atoms with Gasteiger partial charge in [0.15, 0.2) is 0 Å². The van der Waals surface area contributed by atoms with Crippen molar-refractivity contribution >= 4 is 29.0 Å². The van der Waals surface area contributed by atoms with E-state index in [4.69, 9.17) is 5.73 Å². The van der Waals surface area contributed by atoms with Crippen molar-refractivity contribution < 1.29 is 9.72 Å². The Kier molecular flexibility index (Phi) is 4.94. The zero-order chi connectivity index (χ0) is 21.4. The molecule has 0 saturated carbocycles. The summed E-state index contributed by atoms with van der Waals surface area (Å²) >= 11 is 0. The van der Waals surface area contributed by atoms with Crippen molar-refractivity contribution in [2.75, 3.05) is 36.8 Å². The van der Waals surface area contributed by atoms with Gasteiger partial charge in [0.25, 0.3) is 11.5 Å². The molecule has 0 atom stereocenters. The normalized spacial score (nSPS) is 14.3. The summed E-state index contributed by atoms with van der Waals surface area (Å²) < 4.78 is 1.56. The number of carbonyl (C=O) groups excluding carboxylic acids is 1. The number of rotatable bonds is 4. The summed E-state index contributed by atoms with van der Waals surface area (Å²) in [5.74, 6) is 0.573. The number of nitrogens with zero attached hydrogens (tertiary/aromatic N) is 7. The summed E-state index contributed by atoms with van der Waals surface area (Å²) in [6, 6.07) is 6.56. The van der Waals surface area contributed by atoms with Crippen molar-refractivity contribution in [3.63, 3.8) is 0 Å². The Morgan fingerprint density at radius 2 is 1.93 bits per heavy atom. The van der Waals surface area contributed by atoms with Crippen LogP contribution < -0.4 is 10.6 Å². The maximum Gasteiger partial charge on any atom is 0.271 e. The summed E-state index contributed by atoms with van der Waals surface area (Å²) in [5.41, 5.74) is 8.87. The minimum atomic E-state index is -0.401. The highest BCUT2D eigenvalue weighted by atomic mass is 16.6. The summed E-state index contributed by atoms with van der Waals surface area (Å²) in [6.07, 6.45) is 0.219. The average Bonchev–Trinajstić information content (AvgIpc) is 3.11. The number of hydrogen-bond donors (Lipinski definition) is 1. The highest BCUT2D eigenvalue weighted by Crippen LogP contribution is 2.23. The van der Waals surface area contributed by atoms with Crippen LogP contribution in [0.1, 0.15) is 17.0 Å². The van der Waals surface area contributed by atoms with Gasteiger partial charge in [0.05, 0.1) is 11.3 Å². The molecule has 1 aliphatic rings. The number of nitro groups is 1. The lowest BCUT2D eigenvalue weighted by Gasteiger charge is -2.36. The zero-order valence-corrected chi connectivity index (χ0v) is 16.8. The number of nitrogens with two attached hydrogens (primary N) is 1. The molecule has 3 aromatic rings. The van der Waals surface area contributed by atoms with Crippen molar-refractivity contribution in [1.29, 1.82) is 0 Å². The van der Waals surface area contributed by atoms with Crippen LogP contribution in [0.15, 0.2) is 24.3 Å². The van der Waals surface area contributed by atoms with Crippen LogP contribution in [-0.2, 0) is 11.2 Å². The molecule has 1 aliphatic heterocycles. The number of non-ortho nitro benzene ring substituents is 1. The Hall–Kier alpha value is -3.76. The lowest BCUT2D eigenvalue weighted by Crippen LogP contribution is -2.49. The van der Waals surface area contributed by atoms with Crippen LogP contribution >= 0.6 is 0 Å². The van der Waals surface area contributed by atoms with Gasteiger partial charge in [0, 0.05) is 61.0 Å². The van der Waals surface area contributed by atoms with E-state index in [1.165, 1.54) is 6.07 Å². The number of nitrogen functional groups attached to an aromatic ring is 1. The van der Waals surface area contributed by atoms with E-state index in [0.29, 0.717) is 32.0 Å². The maximum absolute atomic E-state index is 12.9. The monoisotopic (exact) mass is 410 g/mol. The fourth-order valence-electron chi connectivity index (χ4n) is 3.76. The lowest BCUT2D eigenvalue weighted by atomic mass is 10.1. The largest absolute Gasteiger partial charge is 0.368 e. The van der Waals surface area contributed by atoms with E-state index in [2.05, 4.69) is 20.0 Å². The minimum absolute atomic E-state index is 0.00845. The SMILES string of the molecule is Cc1nc2nc(N)nn2c(C)c1CC(=O)N1CCN(c2cccc([N+](=O)[O-])c2)CC1. The van der Waals surface area contributed by atoms with Gasteiger partial charge in [0.1, 0.15) is 0 Å². The number of piperazine rings is 1. The van der Waals surface area contributed by atoms with Gasteiger partial charge < -0.3 is 15.5 Å². The topological polar surface area (TPSA) is 136 Å². The number of amides is 1. The molecule has 0 bridgehead atoms. The highest BCUT2D eigenvalue weighted by Gasteiger charge is 2.24. The summed E-state index contributed by atoms with van der Waals surface area (Å²) in [4.78, 5) is 35.9. The first-order valence-electron chi connectivity index (χ1n) is 9.59. The fraction of sp³-hybridized carbons (Fsp3) is 0.368. The van der Waals surface area contributed by atoms with Crippen LogP contribution in [0.25, 0.3) is 5.78 Å². The van der Waals surface area contributed by atoms with Gasteiger partial charge in [-0.25, -0.2) is 4.98 Å². The summed E-state index contributed by atoms with van der Waals surface area (Å²) in [6.45, 7) is 6.04. The van der Waals surface area contributed by atoms with Gasteiger partial charge in [-0.3, -0.25) is 14.9 Å². The molecule has 156 valence electrons. The smallest absolute Gasteiger partial charge is 0.271 e. The van der Waals surface area contributed by atoms with Crippen molar-refractivity contribution in [2.24, 2.45) is 0 Å².